The van der Waals surface area contributed by atoms with Crippen molar-refractivity contribution in [3.63, 3.8) is 0 Å². The highest BCUT2D eigenvalue weighted by atomic mass is 79.9. The van der Waals surface area contributed by atoms with Crippen LogP contribution in [0.15, 0.2) is 22.7 Å². The number of phenols is 1. The molecular formula is C9H9BrFNO. The molecule has 1 rings (SSSR count). The third-order valence-corrected chi connectivity index (χ3v) is 2.13. The quantitative estimate of drug-likeness (QED) is 0.840. The average Bonchev–Trinajstić information content (AvgIpc) is 2.09. The first kappa shape index (κ1) is 10.2. The lowest BCUT2D eigenvalue weighted by Crippen LogP contribution is -1.92. The van der Waals surface area contributed by atoms with Gasteiger partial charge in [-0.3, -0.25) is 0 Å². The van der Waals surface area contributed by atoms with Crippen molar-refractivity contribution < 1.29 is 9.50 Å². The molecule has 3 N–H and O–H groups in total. The first-order valence-electron chi connectivity index (χ1n) is 3.69. The van der Waals surface area contributed by atoms with Crippen molar-refractivity contribution in [2.75, 3.05) is 6.54 Å². The standard InChI is InChI=1S/C9H9BrFNO/c10-7-4-6(2-1-3-12)8(11)5-9(7)13/h1-2,4-5,13H,3,12H2/b2-1+. The molecule has 0 heterocycles. The SMILES string of the molecule is NC/C=C/c1cc(Br)c(O)cc1F. The van der Waals surface area contributed by atoms with Gasteiger partial charge in [-0.25, -0.2) is 4.39 Å². The fourth-order valence-electron chi connectivity index (χ4n) is 0.874. The van der Waals surface area contributed by atoms with Crippen LogP contribution in [0.2, 0.25) is 0 Å². The average molecular weight is 246 g/mol. The maximum Gasteiger partial charge on any atom is 0.134 e. The first-order chi connectivity index (χ1) is 6.15. The van der Waals surface area contributed by atoms with E-state index in [2.05, 4.69) is 15.9 Å². The zero-order valence-electron chi connectivity index (χ0n) is 6.80. The Morgan fingerprint density at radius 2 is 2.23 bits per heavy atom. The molecule has 0 unspecified atom stereocenters. The third kappa shape index (κ3) is 2.54. The van der Waals surface area contributed by atoms with E-state index in [1.54, 1.807) is 12.2 Å². The maximum absolute atomic E-state index is 13.1. The smallest absolute Gasteiger partial charge is 0.134 e. The second kappa shape index (κ2) is 4.39. The zero-order valence-corrected chi connectivity index (χ0v) is 8.38. The van der Waals surface area contributed by atoms with Crippen LogP contribution in [0.3, 0.4) is 0 Å². The van der Waals surface area contributed by atoms with Gasteiger partial charge in [0.1, 0.15) is 11.6 Å². The van der Waals surface area contributed by atoms with Crippen molar-refractivity contribution >= 4 is 22.0 Å². The number of aromatic hydroxyl groups is 1. The first-order valence-corrected chi connectivity index (χ1v) is 4.49. The summed E-state index contributed by atoms with van der Waals surface area (Å²) in [6.07, 6.45) is 3.21. The lowest BCUT2D eigenvalue weighted by Gasteiger charge is -2.00. The number of halogens is 2. The van der Waals surface area contributed by atoms with Crippen molar-refractivity contribution in [1.82, 2.24) is 0 Å². The molecule has 1 aromatic rings. The van der Waals surface area contributed by atoms with Gasteiger partial charge in [-0.2, -0.15) is 0 Å². The Morgan fingerprint density at radius 1 is 1.54 bits per heavy atom. The number of hydrogen-bond donors (Lipinski definition) is 2. The predicted molar refractivity (Wildman–Crippen MR) is 53.9 cm³/mol. The summed E-state index contributed by atoms with van der Waals surface area (Å²) in [7, 11) is 0. The van der Waals surface area contributed by atoms with E-state index in [1.807, 2.05) is 0 Å². The van der Waals surface area contributed by atoms with Crippen LogP contribution in [0.5, 0.6) is 5.75 Å². The van der Waals surface area contributed by atoms with Gasteiger partial charge in [-0.15, -0.1) is 0 Å². The monoisotopic (exact) mass is 245 g/mol. The van der Waals surface area contributed by atoms with E-state index >= 15 is 0 Å². The van der Waals surface area contributed by atoms with Crippen molar-refractivity contribution in [3.05, 3.63) is 34.1 Å². The van der Waals surface area contributed by atoms with Crippen LogP contribution in [-0.4, -0.2) is 11.7 Å². The normalized spacial score (nSPS) is 11.0. The zero-order chi connectivity index (χ0) is 9.84. The van der Waals surface area contributed by atoms with E-state index in [4.69, 9.17) is 10.8 Å². The van der Waals surface area contributed by atoms with E-state index in [0.29, 0.717) is 16.6 Å². The summed E-state index contributed by atoms with van der Waals surface area (Å²) in [6, 6.07) is 2.55. The lowest BCUT2D eigenvalue weighted by molar-refractivity contribution is 0.465. The van der Waals surface area contributed by atoms with Crippen LogP contribution >= 0.6 is 15.9 Å². The fraction of sp³-hybridized carbons (Fsp3) is 0.111. The molecule has 0 aliphatic carbocycles. The molecule has 0 saturated heterocycles. The Kier molecular flexibility index (Phi) is 3.45. The number of hydrogen-bond acceptors (Lipinski definition) is 2. The number of rotatable bonds is 2. The molecule has 1 aromatic carbocycles. The van der Waals surface area contributed by atoms with Gasteiger partial charge < -0.3 is 10.8 Å². The predicted octanol–water partition coefficient (Wildman–Crippen LogP) is 2.27. The number of phenolic OH excluding ortho intramolecular Hbond substituents is 1. The highest BCUT2D eigenvalue weighted by Crippen LogP contribution is 2.27. The minimum atomic E-state index is -0.467. The van der Waals surface area contributed by atoms with Gasteiger partial charge in [0, 0.05) is 18.2 Å². The van der Waals surface area contributed by atoms with Crippen molar-refractivity contribution in [2.45, 2.75) is 0 Å². The topological polar surface area (TPSA) is 46.2 Å². The van der Waals surface area contributed by atoms with Crippen LogP contribution in [0, 0.1) is 5.82 Å². The molecule has 0 aliphatic rings. The van der Waals surface area contributed by atoms with Gasteiger partial charge in [0.05, 0.1) is 4.47 Å². The second-order valence-electron chi connectivity index (χ2n) is 2.46. The summed E-state index contributed by atoms with van der Waals surface area (Å²) in [5, 5.41) is 9.11. The molecule has 0 fully saturated rings. The van der Waals surface area contributed by atoms with Gasteiger partial charge in [-0.05, 0) is 22.0 Å². The molecule has 0 aliphatic heterocycles. The van der Waals surface area contributed by atoms with E-state index < -0.39 is 5.82 Å². The van der Waals surface area contributed by atoms with Crippen LogP contribution in [0.1, 0.15) is 5.56 Å². The van der Waals surface area contributed by atoms with Gasteiger partial charge in [0.25, 0.3) is 0 Å². The van der Waals surface area contributed by atoms with E-state index in [9.17, 15) is 4.39 Å². The molecule has 4 heteroatoms. The Morgan fingerprint density at radius 3 is 2.85 bits per heavy atom. The van der Waals surface area contributed by atoms with E-state index in [0.717, 1.165) is 6.07 Å². The van der Waals surface area contributed by atoms with Crippen LogP contribution in [0.25, 0.3) is 6.08 Å². The molecule has 2 nitrogen and oxygen atoms in total. The van der Waals surface area contributed by atoms with Crippen molar-refractivity contribution in [1.29, 1.82) is 0 Å². The summed E-state index contributed by atoms with van der Waals surface area (Å²) in [6.45, 7) is 0.359. The van der Waals surface area contributed by atoms with Crippen LogP contribution in [-0.2, 0) is 0 Å². The Bertz CT molecular complexity index is 339. The van der Waals surface area contributed by atoms with E-state index in [-0.39, 0.29) is 5.75 Å². The Balaban J connectivity index is 3.08. The molecule has 0 radical (unpaired) electrons. The minimum Gasteiger partial charge on any atom is -0.507 e. The molecule has 70 valence electrons. The molecule has 0 amide bonds. The highest BCUT2D eigenvalue weighted by Gasteiger charge is 2.04. The van der Waals surface area contributed by atoms with E-state index in [1.165, 1.54) is 6.07 Å². The Labute approximate surface area is 84.0 Å². The highest BCUT2D eigenvalue weighted by molar-refractivity contribution is 9.10. The molecule has 0 atom stereocenters. The third-order valence-electron chi connectivity index (χ3n) is 1.50. The van der Waals surface area contributed by atoms with Gasteiger partial charge in [0.15, 0.2) is 0 Å². The van der Waals surface area contributed by atoms with Crippen molar-refractivity contribution in [2.24, 2.45) is 5.73 Å². The summed E-state index contributed by atoms with van der Waals surface area (Å²) < 4.78 is 13.5. The fourth-order valence-corrected chi connectivity index (χ4v) is 1.24. The molecule has 13 heavy (non-hydrogen) atoms. The second-order valence-corrected chi connectivity index (χ2v) is 3.32. The Hall–Kier alpha value is -0.870. The lowest BCUT2D eigenvalue weighted by atomic mass is 10.2. The largest absolute Gasteiger partial charge is 0.507 e. The van der Waals surface area contributed by atoms with Crippen LogP contribution in [0.4, 0.5) is 4.39 Å². The summed E-state index contributed by atoms with van der Waals surface area (Å²) in [4.78, 5) is 0. The summed E-state index contributed by atoms with van der Waals surface area (Å²) in [5.74, 6) is -0.576. The molecule has 0 spiro atoms. The van der Waals surface area contributed by atoms with Gasteiger partial charge in [0.2, 0.25) is 0 Å². The summed E-state index contributed by atoms with van der Waals surface area (Å²) >= 11 is 3.09. The van der Waals surface area contributed by atoms with Gasteiger partial charge in [-0.1, -0.05) is 12.2 Å². The van der Waals surface area contributed by atoms with Crippen molar-refractivity contribution in [3.8, 4) is 5.75 Å². The molecule has 0 aromatic heterocycles. The molecular weight excluding hydrogens is 237 g/mol. The number of benzene rings is 1. The molecule has 0 saturated carbocycles. The molecule has 0 bridgehead atoms. The summed E-state index contributed by atoms with van der Waals surface area (Å²) in [5.41, 5.74) is 5.62. The maximum atomic E-state index is 13.1. The number of nitrogens with two attached hydrogens (primary N) is 1. The van der Waals surface area contributed by atoms with Gasteiger partial charge >= 0.3 is 0 Å². The minimum absolute atomic E-state index is 0.109. The van der Waals surface area contributed by atoms with Crippen LogP contribution < -0.4 is 5.73 Å².